The quantitative estimate of drug-likeness (QED) is 0.785. The van der Waals surface area contributed by atoms with Crippen molar-refractivity contribution in [1.82, 2.24) is 0 Å². The van der Waals surface area contributed by atoms with Crippen LogP contribution in [0.15, 0.2) is 18.2 Å². The van der Waals surface area contributed by atoms with Crippen LogP contribution < -0.4 is 15.2 Å². The standard InChI is InChI=1S/C14H23NO4S/c1-11(2)20(16,17)9-8-19-14-5-4-13(18-3)10-12(14)6-7-15/h4-5,10-11H,6-9,15H2,1-3H3. The van der Waals surface area contributed by atoms with Crippen LogP contribution in [0, 0.1) is 0 Å². The van der Waals surface area contributed by atoms with Gasteiger partial charge in [0.25, 0.3) is 0 Å². The summed E-state index contributed by atoms with van der Waals surface area (Å²) in [7, 11) is -1.49. The number of rotatable bonds is 8. The van der Waals surface area contributed by atoms with Gasteiger partial charge in [-0.1, -0.05) is 0 Å². The lowest BCUT2D eigenvalue weighted by Crippen LogP contribution is -2.22. The van der Waals surface area contributed by atoms with Crippen molar-refractivity contribution in [3.63, 3.8) is 0 Å². The summed E-state index contributed by atoms with van der Waals surface area (Å²) in [6.45, 7) is 3.98. The third-order valence-corrected chi connectivity index (χ3v) is 5.20. The Kier molecular flexibility index (Phi) is 6.29. The Morgan fingerprint density at radius 3 is 2.55 bits per heavy atom. The van der Waals surface area contributed by atoms with Gasteiger partial charge >= 0.3 is 0 Å². The smallest absolute Gasteiger partial charge is 0.155 e. The zero-order chi connectivity index (χ0) is 15.2. The van der Waals surface area contributed by atoms with Gasteiger partial charge in [-0.3, -0.25) is 0 Å². The summed E-state index contributed by atoms with van der Waals surface area (Å²) < 4.78 is 34.2. The molecular weight excluding hydrogens is 278 g/mol. The first-order valence-corrected chi connectivity index (χ1v) is 8.33. The van der Waals surface area contributed by atoms with Gasteiger partial charge in [-0.15, -0.1) is 0 Å². The van der Waals surface area contributed by atoms with Gasteiger partial charge in [0.15, 0.2) is 9.84 Å². The van der Waals surface area contributed by atoms with Crippen molar-refractivity contribution >= 4 is 9.84 Å². The molecule has 0 atom stereocenters. The van der Waals surface area contributed by atoms with Crippen molar-refractivity contribution in [3.8, 4) is 11.5 Å². The Morgan fingerprint density at radius 1 is 1.30 bits per heavy atom. The van der Waals surface area contributed by atoms with Gasteiger partial charge in [0.05, 0.1) is 18.1 Å². The Hall–Kier alpha value is -1.27. The van der Waals surface area contributed by atoms with Crippen LogP contribution in [-0.2, 0) is 16.3 Å². The molecule has 0 aromatic heterocycles. The first-order valence-electron chi connectivity index (χ1n) is 6.62. The maximum atomic E-state index is 11.7. The minimum absolute atomic E-state index is 0.0127. The number of methoxy groups -OCH3 is 1. The molecule has 5 nitrogen and oxygen atoms in total. The summed E-state index contributed by atoms with van der Waals surface area (Å²) in [5, 5.41) is -0.384. The molecule has 0 fully saturated rings. The molecule has 0 aliphatic carbocycles. The number of sulfone groups is 1. The summed E-state index contributed by atoms with van der Waals surface area (Å²) in [5.74, 6) is 1.41. The molecule has 0 bridgehead atoms. The molecule has 20 heavy (non-hydrogen) atoms. The van der Waals surface area contributed by atoms with E-state index in [0.717, 1.165) is 11.3 Å². The molecule has 0 saturated heterocycles. The van der Waals surface area contributed by atoms with Crippen molar-refractivity contribution in [1.29, 1.82) is 0 Å². The topological polar surface area (TPSA) is 78.6 Å². The van der Waals surface area contributed by atoms with Gasteiger partial charge in [-0.25, -0.2) is 8.42 Å². The number of benzene rings is 1. The third-order valence-electron chi connectivity index (χ3n) is 3.02. The van der Waals surface area contributed by atoms with Gasteiger partial charge < -0.3 is 15.2 Å². The first kappa shape index (κ1) is 16.8. The number of ether oxygens (including phenoxy) is 2. The summed E-state index contributed by atoms with van der Waals surface area (Å²) in [6, 6.07) is 5.43. The van der Waals surface area contributed by atoms with Gasteiger partial charge in [-0.2, -0.15) is 0 Å². The minimum atomic E-state index is -3.08. The van der Waals surface area contributed by atoms with Gasteiger partial charge in [0.1, 0.15) is 18.1 Å². The van der Waals surface area contributed by atoms with Crippen molar-refractivity contribution in [2.24, 2.45) is 5.73 Å². The molecule has 0 aliphatic heterocycles. The summed E-state index contributed by atoms with van der Waals surface area (Å²) in [4.78, 5) is 0. The molecule has 0 amide bonds. The average molecular weight is 301 g/mol. The highest BCUT2D eigenvalue weighted by Crippen LogP contribution is 2.24. The van der Waals surface area contributed by atoms with Crippen LogP contribution in [0.25, 0.3) is 0 Å². The van der Waals surface area contributed by atoms with E-state index < -0.39 is 9.84 Å². The Balaban J connectivity index is 2.72. The van der Waals surface area contributed by atoms with Crippen LogP contribution >= 0.6 is 0 Å². The Labute approximate surface area is 121 Å². The number of hydrogen-bond donors (Lipinski definition) is 1. The summed E-state index contributed by atoms with van der Waals surface area (Å²) in [5.41, 5.74) is 6.49. The predicted octanol–water partition coefficient (Wildman–Crippen LogP) is 1.40. The molecule has 0 spiro atoms. The van der Waals surface area contributed by atoms with Crippen LogP contribution in [0.1, 0.15) is 19.4 Å². The second kappa shape index (κ2) is 7.50. The molecule has 1 aromatic rings. The molecule has 1 rings (SSSR count). The molecule has 0 unspecified atom stereocenters. The van der Waals surface area contributed by atoms with Gasteiger partial charge in [0.2, 0.25) is 0 Å². The molecule has 0 heterocycles. The number of nitrogens with two attached hydrogens (primary N) is 1. The van der Waals surface area contributed by atoms with E-state index >= 15 is 0 Å². The van der Waals surface area contributed by atoms with E-state index in [4.69, 9.17) is 15.2 Å². The van der Waals surface area contributed by atoms with E-state index in [1.165, 1.54) is 0 Å². The highest BCUT2D eigenvalue weighted by molar-refractivity contribution is 7.91. The fourth-order valence-corrected chi connectivity index (χ4v) is 2.46. The summed E-state index contributed by atoms with van der Waals surface area (Å²) >= 11 is 0. The Bertz CT molecular complexity index is 526. The van der Waals surface area contributed by atoms with E-state index in [2.05, 4.69) is 0 Å². The van der Waals surface area contributed by atoms with Crippen LogP contribution in [0.2, 0.25) is 0 Å². The normalized spacial score (nSPS) is 11.7. The molecule has 1 aromatic carbocycles. The van der Waals surface area contributed by atoms with E-state index in [0.29, 0.717) is 18.7 Å². The van der Waals surface area contributed by atoms with Crippen molar-refractivity contribution in [2.45, 2.75) is 25.5 Å². The molecule has 0 saturated carbocycles. The second-order valence-electron chi connectivity index (χ2n) is 4.78. The van der Waals surface area contributed by atoms with E-state index in [1.807, 2.05) is 6.07 Å². The average Bonchev–Trinajstić information content (AvgIpc) is 2.40. The van der Waals surface area contributed by atoms with Crippen LogP contribution in [0.3, 0.4) is 0 Å². The van der Waals surface area contributed by atoms with Gasteiger partial charge in [-0.05, 0) is 50.6 Å². The molecule has 114 valence electrons. The zero-order valence-electron chi connectivity index (χ0n) is 12.3. The minimum Gasteiger partial charge on any atom is -0.497 e. The maximum Gasteiger partial charge on any atom is 0.155 e. The maximum absolute atomic E-state index is 11.7. The van der Waals surface area contributed by atoms with Crippen molar-refractivity contribution in [3.05, 3.63) is 23.8 Å². The summed E-state index contributed by atoms with van der Waals surface area (Å²) in [6.07, 6.45) is 0.656. The molecule has 0 radical (unpaired) electrons. The molecule has 6 heteroatoms. The molecule has 2 N–H and O–H groups in total. The number of hydrogen-bond acceptors (Lipinski definition) is 5. The highest BCUT2D eigenvalue weighted by Gasteiger charge is 2.16. The van der Waals surface area contributed by atoms with Crippen LogP contribution in [0.5, 0.6) is 11.5 Å². The van der Waals surface area contributed by atoms with Gasteiger partial charge in [0, 0.05) is 0 Å². The molecule has 0 aliphatic rings. The fourth-order valence-electron chi connectivity index (χ4n) is 1.68. The highest BCUT2D eigenvalue weighted by atomic mass is 32.2. The lowest BCUT2D eigenvalue weighted by molar-refractivity contribution is 0.335. The van der Waals surface area contributed by atoms with Crippen molar-refractivity contribution in [2.75, 3.05) is 26.0 Å². The lowest BCUT2D eigenvalue weighted by Gasteiger charge is -2.13. The zero-order valence-corrected chi connectivity index (χ0v) is 13.1. The van der Waals surface area contributed by atoms with E-state index in [-0.39, 0.29) is 17.6 Å². The monoisotopic (exact) mass is 301 g/mol. The Morgan fingerprint density at radius 2 is 2.00 bits per heavy atom. The van der Waals surface area contributed by atoms with E-state index in [1.54, 1.807) is 33.1 Å². The van der Waals surface area contributed by atoms with Crippen LogP contribution in [-0.4, -0.2) is 39.7 Å². The van der Waals surface area contributed by atoms with Crippen molar-refractivity contribution < 1.29 is 17.9 Å². The largest absolute Gasteiger partial charge is 0.497 e. The predicted molar refractivity (Wildman–Crippen MR) is 80.2 cm³/mol. The van der Waals surface area contributed by atoms with E-state index in [9.17, 15) is 8.42 Å². The van der Waals surface area contributed by atoms with Crippen LogP contribution in [0.4, 0.5) is 0 Å². The fraction of sp³-hybridized carbons (Fsp3) is 0.571. The lowest BCUT2D eigenvalue weighted by atomic mass is 10.1. The first-order chi connectivity index (χ1) is 9.40. The SMILES string of the molecule is COc1ccc(OCCS(=O)(=O)C(C)C)c(CCN)c1. The second-order valence-corrected chi connectivity index (χ2v) is 7.45. The third kappa shape index (κ3) is 4.68. The molecular formula is C14H23NO4S.